The van der Waals surface area contributed by atoms with Crippen molar-refractivity contribution in [2.24, 2.45) is 5.73 Å². The average Bonchev–Trinajstić information content (AvgIpc) is 2.75. The molecule has 6 heteroatoms. The van der Waals surface area contributed by atoms with Crippen molar-refractivity contribution in [3.63, 3.8) is 0 Å². The molecule has 0 bridgehead atoms. The molecule has 0 aliphatic heterocycles. The lowest BCUT2D eigenvalue weighted by Gasteiger charge is -2.13. The monoisotopic (exact) mass is 262 g/mol. The predicted molar refractivity (Wildman–Crippen MR) is 70.6 cm³/mol. The summed E-state index contributed by atoms with van der Waals surface area (Å²) in [5, 5.41) is 15.7. The van der Waals surface area contributed by atoms with Crippen LogP contribution in [-0.4, -0.2) is 16.0 Å². The number of hydrogen-bond acceptors (Lipinski definition) is 5. The largest absolute Gasteiger partial charge is 0.416 e. The topological polar surface area (TPSA) is 88.8 Å². The highest BCUT2D eigenvalue weighted by Crippen LogP contribution is 2.36. The number of nitrogens with two attached hydrogens (primary N) is 1. The van der Waals surface area contributed by atoms with Gasteiger partial charge in [-0.15, -0.1) is 10.2 Å². The molecule has 1 heterocycles. The molecule has 94 valence electrons. The first kappa shape index (κ1) is 12.6. The summed E-state index contributed by atoms with van der Waals surface area (Å²) >= 11 is 1.43. The van der Waals surface area contributed by atoms with E-state index in [9.17, 15) is 0 Å². The zero-order valence-corrected chi connectivity index (χ0v) is 10.8. The van der Waals surface area contributed by atoms with Crippen LogP contribution in [0.1, 0.15) is 23.1 Å². The van der Waals surface area contributed by atoms with Crippen molar-refractivity contribution in [2.75, 3.05) is 0 Å². The van der Waals surface area contributed by atoms with Crippen molar-refractivity contribution in [3.8, 4) is 0 Å². The smallest absolute Gasteiger partial charge is 0.277 e. The average molecular weight is 262 g/mol. The van der Waals surface area contributed by atoms with E-state index in [4.69, 9.17) is 15.6 Å². The van der Waals surface area contributed by atoms with Crippen LogP contribution in [0.4, 0.5) is 0 Å². The Kier molecular flexibility index (Phi) is 3.99. The molecule has 1 unspecified atom stereocenters. The van der Waals surface area contributed by atoms with Gasteiger partial charge in [0, 0.05) is 18.6 Å². The summed E-state index contributed by atoms with van der Waals surface area (Å²) in [4.78, 5) is 0. The molecule has 0 aliphatic carbocycles. The summed E-state index contributed by atoms with van der Waals surface area (Å²) < 4.78 is 5.35. The third-order valence-corrected chi connectivity index (χ3v) is 3.42. The zero-order valence-electron chi connectivity index (χ0n) is 9.96. The highest BCUT2D eigenvalue weighted by Gasteiger charge is 2.17. The molecule has 0 spiro atoms. The molecule has 0 aliphatic rings. The van der Waals surface area contributed by atoms with Crippen molar-refractivity contribution in [1.29, 1.82) is 5.41 Å². The molecule has 0 saturated heterocycles. The first-order chi connectivity index (χ1) is 8.65. The second-order valence-corrected chi connectivity index (χ2v) is 4.99. The Labute approximate surface area is 109 Å². The summed E-state index contributed by atoms with van der Waals surface area (Å²) in [7, 11) is 0. The van der Waals surface area contributed by atoms with Crippen LogP contribution in [0.3, 0.4) is 0 Å². The first-order valence-corrected chi connectivity index (χ1v) is 6.37. The van der Waals surface area contributed by atoms with E-state index < -0.39 is 0 Å². The molecule has 1 atom stereocenters. The Morgan fingerprint density at radius 1 is 1.39 bits per heavy atom. The molecular formula is C12H14N4OS. The van der Waals surface area contributed by atoms with Crippen LogP contribution < -0.4 is 5.73 Å². The third-order valence-electron chi connectivity index (χ3n) is 2.33. The van der Waals surface area contributed by atoms with Gasteiger partial charge in [0.1, 0.15) is 0 Å². The molecule has 0 fully saturated rings. The Morgan fingerprint density at radius 3 is 2.67 bits per heavy atom. The number of nitrogens with one attached hydrogen (secondary N) is 1. The molecule has 0 radical (unpaired) electrons. The van der Waals surface area contributed by atoms with Crippen LogP contribution >= 0.6 is 11.8 Å². The Hall–Kier alpha value is -1.82. The maximum atomic E-state index is 7.44. The van der Waals surface area contributed by atoms with Gasteiger partial charge in [-0.2, -0.15) is 0 Å². The maximum absolute atomic E-state index is 7.44. The fraction of sp³-hybridized carbons (Fsp3) is 0.250. The van der Waals surface area contributed by atoms with Crippen LogP contribution in [0, 0.1) is 12.3 Å². The molecule has 0 amide bonds. The lowest BCUT2D eigenvalue weighted by atomic mass is 10.1. The number of thioether (sulfide) groups is 1. The molecule has 0 saturated carbocycles. The number of benzene rings is 1. The van der Waals surface area contributed by atoms with E-state index in [0.29, 0.717) is 17.5 Å². The highest BCUT2D eigenvalue weighted by molar-refractivity contribution is 7.99. The molecule has 2 aromatic rings. The fourth-order valence-corrected chi connectivity index (χ4v) is 2.60. The first-order valence-electron chi connectivity index (χ1n) is 5.50. The van der Waals surface area contributed by atoms with Gasteiger partial charge in [-0.05, 0) is 5.56 Å². The Morgan fingerprint density at radius 2 is 2.11 bits per heavy atom. The second kappa shape index (κ2) is 5.68. The molecule has 18 heavy (non-hydrogen) atoms. The second-order valence-electron chi connectivity index (χ2n) is 3.83. The van der Waals surface area contributed by atoms with Crippen LogP contribution in [0.5, 0.6) is 0 Å². The Bertz CT molecular complexity index is 526. The molecule has 1 aromatic heterocycles. The summed E-state index contributed by atoms with van der Waals surface area (Å²) in [6.45, 7) is 1.75. The van der Waals surface area contributed by atoms with Crippen LogP contribution in [0.15, 0.2) is 40.0 Å². The minimum atomic E-state index is 0.0172. The van der Waals surface area contributed by atoms with E-state index in [2.05, 4.69) is 10.2 Å². The number of aryl methyl sites for hydroxylation is 1. The predicted octanol–water partition coefficient (Wildman–Crippen LogP) is 2.54. The van der Waals surface area contributed by atoms with Gasteiger partial charge in [-0.25, -0.2) is 0 Å². The van der Waals surface area contributed by atoms with Gasteiger partial charge in [-0.3, -0.25) is 5.41 Å². The van der Waals surface area contributed by atoms with Gasteiger partial charge in [0.15, 0.2) is 0 Å². The van der Waals surface area contributed by atoms with E-state index in [1.54, 1.807) is 6.92 Å². The summed E-state index contributed by atoms with van der Waals surface area (Å²) in [5.74, 6) is 0.680. The lowest BCUT2D eigenvalue weighted by Crippen LogP contribution is -2.13. The maximum Gasteiger partial charge on any atom is 0.277 e. The zero-order chi connectivity index (χ0) is 13.0. The van der Waals surface area contributed by atoms with Crippen molar-refractivity contribution >= 4 is 17.6 Å². The van der Waals surface area contributed by atoms with Gasteiger partial charge < -0.3 is 10.2 Å². The van der Waals surface area contributed by atoms with Gasteiger partial charge in [0.25, 0.3) is 5.22 Å². The number of hydrogen-bond donors (Lipinski definition) is 2. The third kappa shape index (κ3) is 3.33. The fourth-order valence-electron chi connectivity index (χ4n) is 1.54. The standard InChI is InChI=1S/C12H14N4OS/c1-8-15-16-12(17-8)18-10(7-11(13)14)9-5-3-2-4-6-9/h2-6,10H,7H2,1H3,(H3,13,14). The van der Waals surface area contributed by atoms with E-state index in [1.807, 2.05) is 30.3 Å². The molecular weight excluding hydrogens is 248 g/mol. The van der Waals surface area contributed by atoms with Crippen LogP contribution in [0.25, 0.3) is 0 Å². The van der Waals surface area contributed by atoms with Crippen molar-refractivity contribution in [1.82, 2.24) is 10.2 Å². The molecule has 5 nitrogen and oxygen atoms in total. The van der Waals surface area contributed by atoms with Gasteiger partial charge >= 0.3 is 0 Å². The van der Waals surface area contributed by atoms with Crippen molar-refractivity contribution < 1.29 is 4.42 Å². The number of amidine groups is 1. The van der Waals surface area contributed by atoms with Gasteiger partial charge in [-0.1, -0.05) is 42.1 Å². The summed E-state index contributed by atoms with van der Waals surface area (Å²) in [6.07, 6.45) is 0.454. The Balaban J connectivity index is 2.18. The van der Waals surface area contributed by atoms with Crippen LogP contribution in [-0.2, 0) is 0 Å². The number of aromatic nitrogens is 2. The molecule has 3 N–H and O–H groups in total. The quantitative estimate of drug-likeness (QED) is 0.491. The minimum absolute atomic E-state index is 0.0172. The normalized spacial score (nSPS) is 12.3. The lowest BCUT2D eigenvalue weighted by molar-refractivity contribution is 0.428. The SMILES string of the molecule is Cc1nnc(SC(CC(=N)N)c2ccccc2)o1. The van der Waals surface area contributed by atoms with E-state index in [0.717, 1.165) is 5.56 Å². The minimum Gasteiger partial charge on any atom is -0.416 e. The summed E-state index contributed by atoms with van der Waals surface area (Å²) in [6, 6.07) is 9.88. The van der Waals surface area contributed by atoms with Crippen LogP contribution in [0.2, 0.25) is 0 Å². The van der Waals surface area contributed by atoms with E-state index in [-0.39, 0.29) is 11.1 Å². The van der Waals surface area contributed by atoms with Gasteiger partial charge in [0.2, 0.25) is 5.89 Å². The summed E-state index contributed by atoms with van der Waals surface area (Å²) in [5.41, 5.74) is 6.58. The van der Waals surface area contributed by atoms with Gasteiger partial charge in [0.05, 0.1) is 5.84 Å². The molecule has 1 aromatic carbocycles. The van der Waals surface area contributed by atoms with Crippen molar-refractivity contribution in [3.05, 3.63) is 41.8 Å². The van der Waals surface area contributed by atoms with E-state index >= 15 is 0 Å². The highest BCUT2D eigenvalue weighted by atomic mass is 32.2. The molecule has 2 rings (SSSR count). The number of nitrogens with zero attached hydrogens (tertiary/aromatic N) is 2. The van der Waals surface area contributed by atoms with E-state index in [1.165, 1.54) is 11.8 Å². The number of rotatable bonds is 5. The van der Waals surface area contributed by atoms with Crippen molar-refractivity contribution in [2.45, 2.75) is 23.8 Å².